The van der Waals surface area contributed by atoms with Gasteiger partial charge in [-0.1, -0.05) is 44.2 Å². The second-order valence-corrected chi connectivity index (χ2v) is 6.94. The number of carbonyl (C=O) groups is 2. The van der Waals surface area contributed by atoms with Gasteiger partial charge in [-0.05, 0) is 32.3 Å². The average Bonchev–Trinajstić information content (AvgIpc) is 2.67. The molecule has 0 radical (unpaired) electrons. The molecule has 1 N–H and O–H groups in total. The Balaban J connectivity index is 2.20. The highest BCUT2D eigenvalue weighted by atomic mass is 16.2. The van der Waals surface area contributed by atoms with Gasteiger partial charge in [0.15, 0.2) is 5.78 Å². The maximum absolute atomic E-state index is 12.8. The van der Waals surface area contributed by atoms with Gasteiger partial charge in [-0.25, -0.2) is 0 Å². The molecule has 1 saturated heterocycles. The van der Waals surface area contributed by atoms with Crippen molar-refractivity contribution in [1.29, 1.82) is 0 Å². The summed E-state index contributed by atoms with van der Waals surface area (Å²) in [5.41, 5.74) is 1.15. The van der Waals surface area contributed by atoms with Gasteiger partial charge in [-0.15, -0.1) is 0 Å². The molecule has 1 aromatic carbocycles. The Labute approximate surface area is 139 Å². The Morgan fingerprint density at radius 1 is 1.22 bits per heavy atom. The number of amides is 1. The van der Waals surface area contributed by atoms with Crippen LogP contribution in [0.2, 0.25) is 0 Å². The number of ketones is 1. The second-order valence-electron chi connectivity index (χ2n) is 6.94. The standard InChI is InChI=1S/C19H28N2O2/c1-13(2)18(22)16-10-11-21(14(3)4)17(19(23)20-16)12-15-8-6-5-7-9-15/h5-9,13-14,16-17H,10-12H2,1-4H3,(H,20,23). The lowest BCUT2D eigenvalue weighted by atomic mass is 9.99. The normalized spacial score (nSPS) is 23.0. The fraction of sp³-hybridized carbons (Fsp3) is 0.579. The predicted molar refractivity (Wildman–Crippen MR) is 92.2 cm³/mol. The Kier molecular flexibility index (Phi) is 5.94. The van der Waals surface area contributed by atoms with Crippen molar-refractivity contribution >= 4 is 11.7 Å². The van der Waals surface area contributed by atoms with E-state index in [9.17, 15) is 9.59 Å². The van der Waals surface area contributed by atoms with E-state index in [1.165, 1.54) is 0 Å². The van der Waals surface area contributed by atoms with Gasteiger partial charge in [0.1, 0.15) is 0 Å². The molecule has 126 valence electrons. The van der Waals surface area contributed by atoms with Crippen molar-refractivity contribution in [2.75, 3.05) is 6.54 Å². The summed E-state index contributed by atoms with van der Waals surface area (Å²) in [6.07, 6.45) is 1.36. The van der Waals surface area contributed by atoms with Crippen molar-refractivity contribution in [2.45, 2.75) is 58.7 Å². The molecule has 0 aromatic heterocycles. The van der Waals surface area contributed by atoms with Gasteiger partial charge in [0, 0.05) is 18.5 Å². The van der Waals surface area contributed by atoms with Crippen molar-refractivity contribution in [3.8, 4) is 0 Å². The summed E-state index contributed by atoms with van der Waals surface area (Å²) in [6.45, 7) is 8.75. The number of rotatable bonds is 5. The quantitative estimate of drug-likeness (QED) is 0.907. The minimum absolute atomic E-state index is 0.0287. The molecule has 0 bridgehead atoms. The summed E-state index contributed by atoms with van der Waals surface area (Å²) in [6, 6.07) is 9.76. The smallest absolute Gasteiger partial charge is 0.238 e. The fourth-order valence-electron chi connectivity index (χ4n) is 3.21. The van der Waals surface area contributed by atoms with Gasteiger partial charge in [0.2, 0.25) is 5.91 Å². The van der Waals surface area contributed by atoms with E-state index in [2.05, 4.69) is 24.1 Å². The molecule has 4 heteroatoms. The summed E-state index contributed by atoms with van der Waals surface area (Å²) < 4.78 is 0. The van der Waals surface area contributed by atoms with Gasteiger partial charge < -0.3 is 5.32 Å². The SMILES string of the molecule is CC(C)C(=O)C1CCN(C(C)C)C(Cc2ccccc2)C(=O)N1. The van der Waals surface area contributed by atoms with Crippen molar-refractivity contribution < 1.29 is 9.59 Å². The van der Waals surface area contributed by atoms with Crippen LogP contribution in [0.3, 0.4) is 0 Å². The summed E-state index contributed by atoms with van der Waals surface area (Å²) in [5.74, 6) is 0.0416. The van der Waals surface area contributed by atoms with E-state index in [4.69, 9.17) is 0 Å². The molecule has 2 atom stereocenters. The maximum atomic E-state index is 12.8. The zero-order valence-corrected chi connectivity index (χ0v) is 14.6. The molecule has 1 aliphatic heterocycles. The molecule has 1 aromatic rings. The fourth-order valence-corrected chi connectivity index (χ4v) is 3.21. The monoisotopic (exact) mass is 316 g/mol. The van der Waals surface area contributed by atoms with Crippen LogP contribution in [-0.4, -0.2) is 41.3 Å². The van der Waals surface area contributed by atoms with Crippen molar-refractivity contribution in [2.24, 2.45) is 5.92 Å². The number of benzene rings is 1. The van der Waals surface area contributed by atoms with Gasteiger partial charge in [0.25, 0.3) is 0 Å². The Morgan fingerprint density at radius 3 is 2.43 bits per heavy atom. The summed E-state index contributed by atoms with van der Waals surface area (Å²) in [5, 5.41) is 2.99. The van der Waals surface area contributed by atoms with Crippen LogP contribution >= 0.6 is 0 Å². The first-order valence-electron chi connectivity index (χ1n) is 8.54. The topological polar surface area (TPSA) is 49.4 Å². The molecule has 2 rings (SSSR count). The van der Waals surface area contributed by atoms with Crippen LogP contribution in [0.25, 0.3) is 0 Å². The number of nitrogens with zero attached hydrogens (tertiary/aromatic N) is 1. The summed E-state index contributed by atoms with van der Waals surface area (Å²) in [7, 11) is 0. The molecular formula is C19H28N2O2. The first-order valence-corrected chi connectivity index (χ1v) is 8.54. The van der Waals surface area contributed by atoms with Gasteiger partial charge in [-0.2, -0.15) is 0 Å². The Hall–Kier alpha value is -1.68. The van der Waals surface area contributed by atoms with E-state index in [1.54, 1.807) is 0 Å². The van der Waals surface area contributed by atoms with Crippen LogP contribution in [0.5, 0.6) is 0 Å². The number of hydrogen-bond donors (Lipinski definition) is 1. The van der Waals surface area contributed by atoms with Crippen LogP contribution < -0.4 is 5.32 Å². The predicted octanol–water partition coefficient (Wildman–Crippen LogP) is 2.42. The minimum Gasteiger partial charge on any atom is -0.345 e. The Morgan fingerprint density at radius 2 is 1.87 bits per heavy atom. The van der Waals surface area contributed by atoms with Crippen LogP contribution in [-0.2, 0) is 16.0 Å². The highest BCUT2D eigenvalue weighted by Crippen LogP contribution is 2.18. The molecular weight excluding hydrogens is 288 g/mol. The van der Waals surface area contributed by atoms with E-state index < -0.39 is 0 Å². The molecule has 0 spiro atoms. The first-order chi connectivity index (χ1) is 10.9. The lowest BCUT2D eigenvalue weighted by molar-refractivity contribution is -0.131. The van der Waals surface area contributed by atoms with E-state index >= 15 is 0 Å². The highest BCUT2D eigenvalue weighted by molar-refractivity contribution is 5.92. The number of hydrogen-bond acceptors (Lipinski definition) is 3. The molecule has 1 fully saturated rings. The van der Waals surface area contributed by atoms with E-state index in [0.717, 1.165) is 12.1 Å². The van der Waals surface area contributed by atoms with Crippen LogP contribution in [0.1, 0.15) is 39.7 Å². The van der Waals surface area contributed by atoms with Crippen LogP contribution in [0, 0.1) is 5.92 Å². The molecule has 1 amide bonds. The zero-order valence-electron chi connectivity index (χ0n) is 14.6. The largest absolute Gasteiger partial charge is 0.345 e. The van der Waals surface area contributed by atoms with Crippen LogP contribution in [0.15, 0.2) is 30.3 Å². The molecule has 2 unspecified atom stereocenters. The maximum Gasteiger partial charge on any atom is 0.238 e. The molecule has 0 aliphatic carbocycles. The van der Waals surface area contributed by atoms with Crippen molar-refractivity contribution in [3.63, 3.8) is 0 Å². The second kappa shape index (κ2) is 7.73. The first kappa shape index (κ1) is 17.7. The third kappa shape index (κ3) is 4.41. The zero-order chi connectivity index (χ0) is 17.0. The van der Waals surface area contributed by atoms with E-state index in [-0.39, 0.29) is 35.7 Å². The highest BCUT2D eigenvalue weighted by Gasteiger charge is 2.35. The molecule has 1 heterocycles. The molecule has 1 aliphatic rings. The number of carbonyl (C=O) groups excluding carboxylic acids is 2. The summed E-state index contributed by atoms with van der Waals surface area (Å²) >= 11 is 0. The van der Waals surface area contributed by atoms with E-state index in [1.807, 2.05) is 44.2 Å². The van der Waals surface area contributed by atoms with Gasteiger partial charge in [-0.3, -0.25) is 14.5 Å². The number of nitrogens with one attached hydrogen (secondary N) is 1. The van der Waals surface area contributed by atoms with Gasteiger partial charge >= 0.3 is 0 Å². The molecule has 0 saturated carbocycles. The van der Waals surface area contributed by atoms with Crippen LogP contribution in [0.4, 0.5) is 0 Å². The summed E-state index contributed by atoms with van der Waals surface area (Å²) in [4.78, 5) is 27.3. The number of Topliss-reactive ketones (excluding diaryl/α,β-unsaturated/α-hetero) is 1. The molecule has 4 nitrogen and oxygen atoms in total. The lowest BCUT2D eigenvalue weighted by Crippen LogP contribution is -2.50. The van der Waals surface area contributed by atoms with Crippen molar-refractivity contribution in [3.05, 3.63) is 35.9 Å². The van der Waals surface area contributed by atoms with E-state index in [0.29, 0.717) is 12.8 Å². The average molecular weight is 316 g/mol. The third-order valence-electron chi connectivity index (χ3n) is 4.54. The lowest BCUT2D eigenvalue weighted by Gasteiger charge is -2.31. The Bertz CT molecular complexity index is 540. The van der Waals surface area contributed by atoms with Crippen molar-refractivity contribution in [1.82, 2.24) is 10.2 Å². The third-order valence-corrected chi connectivity index (χ3v) is 4.54. The minimum atomic E-state index is -0.357. The van der Waals surface area contributed by atoms with Gasteiger partial charge in [0.05, 0.1) is 12.1 Å². The molecule has 23 heavy (non-hydrogen) atoms.